The van der Waals surface area contributed by atoms with Crippen LogP contribution >= 0.6 is 23.6 Å². The number of primary sulfonamides is 1. The molecule has 0 aliphatic heterocycles. The summed E-state index contributed by atoms with van der Waals surface area (Å²) in [7, 11) is -2.54. The molecule has 0 spiro atoms. The van der Waals surface area contributed by atoms with E-state index in [4.69, 9.17) is 22.1 Å². The first kappa shape index (κ1) is 24.7. The SMILES string of the molecule is CCN(CC)C(=O)c1sc(NC(=S)Nc2ccc(S(N)(=O)=O)cc2)c(C(=O)OC)c1C. The number of hydrogen-bond donors (Lipinski definition) is 3. The average Bonchev–Trinajstić information content (AvgIpc) is 3.03. The molecule has 12 heteroatoms. The number of thiophene rings is 1. The van der Waals surface area contributed by atoms with Crippen LogP contribution < -0.4 is 15.8 Å². The number of nitrogens with zero attached hydrogens (tertiary/aromatic N) is 1. The third kappa shape index (κ3) is 5.79. The van der Waals surface area contributed by atoms with Crippen molar-refractivity contribution in [3.8, 4) is 0 Å². The number of amides is 1. The lowest BCUT2D eigenvalue weighted by Gasteiger charge is -2.17. The van der Waals surface area contributed by atoms with Crippen LogP contribution in [-0.4, -0.2) is 50.5 Å². The van der Waals surface area contributed by atoms with E-state index in [9.17, 15) is 18.0 Å². The first-order valence-corrected chi connectivity index (χ1v) is 12.0. The lowest BCUT2D eigenvalue weighted by molar-refractivity contribution is 0.0601. The Bertz CT molecular complexity index is 1090. The van der Waals surface area contributed by atoms with Crippen LogP contribution in [0.1, 0.15) is 39.4 Å². The molecule has 1 heterocycles. The molecule has 4 N–H and O–H groups in total. The topological polar surface area (TPSA) is 131 Å². The van der Waals surface area contributed by atoms with Gasteiger partial charge < -0.3 is 20.3 Å². The number of carbonyl (C=O) groups excluding carboxylic acids is 2. The Morgan fingerprint density at radius 2 is 1.74 bits per heavy atom. The second-order valence-corrected chi connectivity index (χ2v) is 9.37. The molecule has 0 atom stereocenters. The van der Waals surface area contributed by atoms with Crippen LogP contribution in [0.2, 0.25) is 0 Å². The Kier molecular flexibility index (Phi) is 8.12. The molecule has 0 radical (unpaired) electrons. The van der Waals surface area contributed by atoms with Crippen LogP contribution in [0.3, 0.4) is 0 Å². The Labute approximate surface area is 190 Å². The third-order valence-electron chi connectivity index (χ3n) is 4.45. The second kappa shape index (κ2) is 10.2. The molecule has 1 amide bonds. The van der Waals surface area contributed by atoms with Crippen molar-refractivity contribution in [2.45, 2.75) is 25.7 Å². The molecule has 168 valence electrons. The largest absolute Gasteiger partial charge is 0.465 e. The first-order valence-electron chi connectivity index (χ1n) is 9.25. The molecule has 1 aromatic carbocycles. The number of nitrogens with one attached hydrogen (secondary N) is 2. The molecule has 0 unspecified atom stereocenters. The Morgan fingerprint density at radius 1 is 1.16 bits per heavy atom. The summed E-state index contributed by atoms with van der Waals surface area (Å²) in [5, 5.41) is 11.4. The van der Waals surface area contributed by atoms with Gasteiger partial charge in [-0.25, -0.2) is 18.4 Å². The van der Waals surface area contributed by atoms with Crippen molar-refractivity contribution in [3.05, 3.63) is 40.3 Å². The number of sulfonamides is 1. The molecule has 0 saturated heterocycles. The monoisotopic (exact) mass is 484 g/mol. The first-order chi connectivity index (χ1) is 14.5. The van der Waals surface area contributed by atoms with Crippen LogP contribution in [0.4, 0.5) is 10.7 Å². The lowest BCUT2D eigenvalue weighted by atomic mass is 10.1. The van der Waals surface area contributed by atoms with Gasteiger partial charge in [0.25, 0.3) is 5.91 Å². The van der Waals surface area contributed by atoms with Gasteiger partial charge in [-0.15, -0.1) is 11.3 Å². The van der Waals surface area contributed by atoms with Crippen molar-refractivity contribution in [3.63, 3.8) is 0 Å². The molecule has 31 heavy (non-hydrogen) atoms. The molecule has 9 nitrogen and oxygen atoms in total. The van der Waals surface area contributed by atoms with Crippen molar-refractivity contribution >= 4 is 61.3 Å². The van der Waals surface area contributed by atoms with Crippen molar-refractivity contribution in [2.75, 3.05) is 30.8 Å². The van der Waals surface area contributed by atoms with Crippen LogP contribution in [0.5, 0.6) is 0 Å². The molecule has 0 saturated carbocycles. The van der Waals surface area contributed by atoms with Gasteiger partial charge in [0.15, 0.2) is 5.11 Å². The Balaban J connectivity index is 2.30. The quantitative estimate of drug-likeness (QED) is 0.404. The van der Waals surface area contributed by atoms with Crippen molar-refractivity contribution in [2.24, 2.45) is 5.14 Å². The van der Waals surface area contributed by atoms with Gasteiger partial charge in [0, 0.05) is 18.8 Å². The summed E-state index contributed by atoms with van der Waals surface area (Å²) in [5.74, 6) is -0.765. The normalized spacial score (nSPS) is 11.0. The van der Waals surface area contributed by atoms with E-state index in [-0.39, 0.29) is 21.5 Å². The molecule has 0 aliphatic carbocycles. The third-order valence-corrected chi connectivity index (χ3v) is 6.78. The van der Waals surface area contributed by atoms with Gasteiger partial charge >= 0.3 is 5.97 Å². The molecule has 0 aliphatic rings. The van der Waals surface area contributed by atoms with Crippen LogP contribution in [0.15, 0.2) is 29.2 Å². The number of anilines is 2. The molecule has 1 aromatic heterocycles. The zero-order chi connectivity index (χ0) is 23.3. The number of esters is 1. The number of ether oxygens (including phenoxy) is 1. The zero-order valence-electron chi connectivity index (χ0n) is 17.5. The van der Waals surface area contributed by atoms with Gasteiger partial charge in [0.05, 0.1) is 22.4 Å². The highest BCUT2D eigenvalue weighted by atomic mass is 32.2. The minimum Gasteiger partial charge on any atom is -0.465 e. The number of methoxy groups -OCH3 is 1. The summed E-state index contributed by atoms with van der Waals surface area (Å²) in [6.07, 6.45) is 0. The van der Waals surface area contributed by atoms with E-state index in [1.54, 1.807) is 11.8 Å². The molecular weight excluding hydrogens is 460 g/mol. The summed E-state index contributed by atoms with van der Waals surface area (Å²) in [5.41, 5.74) is 1.26. The highest BCUT2D eigenvalue weighted by Crippen LogP contribution is 2.34. The fourth-order valence-electron chi connectivity index (χ4n) is 2.80. The predicted molar refractivity (Wildman–Crippen MR) is 125 cm³/mol. The fraction of sp³-hybridized carbons (Fsp3) is 0.316. The lowest BCUT2D eigenvalue weighted by Crippen LogP contribution is -2.30. The van der Waals surface area contributed by atoms with E-state index in [1.165, 1.54) is 31.4 Å². The summed E-state index contributed by atoms with van der Waals surface area (Å²) in [4.78, 5) is 27.3. The smallest absolute Gasteiger partial charge is 0.341 e. The van der Waals surface area contributed by atoms with Crippen molar-refractivity contribution in [1.82, 2.24) is 4.90 Å². The van der Waals surface area contributed by atoms with E-state index < -0.39 is 16.0 Å². The van der Waals surface area contributed by atoms with E-state index in [2.05, 4.69) is 10.6 Å². The van der Waals surface area contributed by atoms with Crippen LogP contribution in [0, 0.1) is 6.92 Å². The van der Waals surface area contributed by atoms with Gasteiger partial charge in [-0.1, -0.05) is 0 Å². The highest BCUT2D eigenvalue weighted by Gasteiger charge is 2.27. The Morgan fingerprint density at radius 3 is 2.23 bits per heavy atom. The number of thiocarbonyl (C=S) groups is 1. The maximum atomic E-state index is 12.8. The zero-order valence-corrected chi connectivity index (χ0v) is 20.0. The maximum Gasteiger partial charge on any atom is 0.341 e. The number of nitrogens with two attached hydrogens (primary N) is 1. The standard InChI is InChI=1S/C19H24N4O5S3/c1-5-23(6-2)17(24)15-11(3)14(18(25)28-4)16(30-15)22-19(29)21-12-7-9-13(10-8-12)31(20,26)27/h7-10H,5-6H2,1-4H3,(H2,20,26,27)(H2,21,22,29). The summed E-state index contributed by atoms with van der Waals surface area (Å²) < 4.78 is 27.6. The van der Waals surface area contributed by atoms with Gasteiger partial charge in [0.2, 0.25) is 10.0 Å². The van der Waals surface area contributed by atoms with E-state index in [1.807, 2.05) is 13.8 Å². The number of benzene rings is 1. The van der Waals surface area contributed by atoms with Crippen LogP contribution in [0.25, 0.3) is 0 Å². The van der Waals surface area contributed by atoms with Crippen LogP contribution in [-0.2, 0) is 14.8 Å². The van der Waals surface area contributed by atoms with Gasteiger partial charge in [-0.2, -0.15) is 0 Å². The number of rotatable bonds is 7. The van der Waals surface area contributed by atoms with Crippen molar-refractivity contribution < 1.29 is 22.7 Å². The minimum atomic E-state index is -3.80. The summed E-state index contributed by atoms with van der Waals surface area (Å²) >= 11 is 6.43. The second-order valence-electron chi connectivity index (χ2n) is 6.38. The van der Waals surface area contributed by atoms with E-state index in [0.717, 1.165) is 11.3 Å². The van der Waals surface area contributed by atoms with Gasteiger partial charge in [-0.05, 0) is 62.8 Å². The summed E-state index contributed by atoms with van der Waals surface area (Å²) in [6, 6.07) is 5.69. The van der Waals surface area contributed by atoms with E-state index in [0.29, 0.717) is 34.2 Å². The molecule has 0 fully saturated rings. The molecule has 0 bridgehead atoms. The molecular formula is C19H24N4O5S3. The van der Waals surface area contributed by atoms with E-state index >= 15 is 0 Å². The average molecular weight is 485 g/mol. The van der Waals surface area contributed by atoms with Gasteiger partial charge in [-0.3, -0.25) is 4.79 Å². The minimum absolute atomic E-state index is 0.0293. The molecule has 2 aromatic rings. The van der Waals surface area contributed by atoms with Crippen molar-refractivity contribution in [1.29, 1.82) is 0 Å². The molecule has 2 rings (SSSR count). The number of hydrogen-bond acceptors (Lipinski definition) is 7. The predicted octanol–water partition coefficient (Wildman–Crippen LogP) is 2.78. The maximum absolute atomic E-state index is 12.8. The fourth-order valence-corrected chi connectivity index (χ4v) is 4.77. The highest BCUT2D eigenvalue weighted by molar-refractivity contribution is 7.89. The van der Waals surface area contributed by atoms with Gasteiger partial charge in [0.1, 0.15) is 5.00 Å². The summed E-state index contributed by atoms with van der Waals surface area (Å²) in [6.45, 7) is 6.53. The number of carbonyl (C=O) groups is 2. The Hall–Kier alpha value is -2.54.